The van der Waals surface area contributed by atoms with Crippen molar-refractivity contribution in [2.45, 2.75) is 18.1 Å². The van der Waals surface area contributed by atoms with Gasteiger partial charge in [-0.25, -0.2) is 18.1 Å². The second kappa shape index (κ2) is 3.51. The first-order valence-corrected chi connectivity index (χ1v) is 5.78. The van der Waals surface area contributed by atoms with Crippen LogP contribution in [0.15, 0.2) is 10.4 Å². The Balaban J connectivity index is 2.98. The molecule has 1 aromatic heterocycles. The van der Waals surface area contributed by atoms with E-state index in [9.17, 15) is 8.42 Å². The number of thiazole rings is 1. The van der Waals surface area contributed by atoms with E-state index in [1.807, 2.05) is 0 Å². The smallest absolute Gasteiger partial charge is 0.249 e. The van der Waals surface area contributed by atoms with Crippen LogP contribution < -0.4 is 4.72 Å². The Morgan fingerprint density at radius 1 is 1.67 bits per heavy atom. The molecule has 0 fully saturated rings. The van der Waals surface area contributed by atoms with E-state index in [0.29, 0.717) is 6.54 Å². The largest absolute Gasteiger partial charge is 0.251 e. The summed E-state index contributed by atoms with van der Waals surface area (Å²) in [6, 6.07) is 0. The Bertz CT molecular complexity index is 355. The first-order chi connectivity index (χ1) is 5.56. The third-order valence-electron chi connectivity index (χ3n) is 1.20. The van der Waals surface area contributed by atoms with Crippen LogP contribution in [0.2, 0.25) is 0 Å². The summed E-state index contributed by atoms with van der Waals surface area (Å²) in [5.74, 6) is 0. The van der Waals surface area contributed by atoms with Gasteiger partial charge in [-0.05, 0) is 6.92 Å². The summed E-state index contributed by atoms with van der Waals surface area (Å²) in [5.41, 5.74) is 0. The number of aromatic nitrogens is 1. The van der Waals surface area contributed by atoms with E-state index in [1.54, 1.807) is 13.8 Å². The molecule has 0 saturated carbocycles. The molecule has 0 radical (unpaired) electrons. The fourth-order valence-electron chi connectivity index (χ4n) is 0.727. The summed E-state index contributed by atoms with van der Waals surface area (Å²) in [6.07, 6.45) is 1.37. The van der Waals surface area contributed by atoms with Gasteiger partial charge in [0.25, 0.3) is 10.0 Å². The number of aryl methyl sites for hydroxylation is 1. The molecule has 6 heteroatoms. The van der Waals surface area contributed by atoms with Gasteiger partial charge in [-0.15, -0.1) is 11.3 Å². The van der Waals surface area contributed by atoms with Gasteiger partial charge in [0.15, 0.2) is 4.21 Å². The predicted molar refractivity (Wildman–Crippen MR) is 47.7 cm³/mol. The summed E-state index contributed by atoms with van der Waals surface area (Å²) in [6.45, 7) is 3.92. The number of nitrogens with one attached hydrogen (secondary N) is 1. The van der Waals surface area contributed by atoms with E-state index in [-0.39, 0.29) is 4.21 Å². The molecule has 68 valence electrons. The minimum atomic E-state index is -3.28. The van der Waals surface area contributed by atoms with Crippen molar-refractivity contribution in [2.24, 2.45) is 0 Å². The molecular weight excluding hydrogens is 196 g/mol. The molecule has 12 heavy (non-hydrogen) atoms. The van der Waals surface area contributed by atoms with Crippen LogP contribution in [0, 0.1) is 6.92 Å². The minimum Gasteiger partial charge on any atom is -0.249 e. The van der Waals surface area contributed by atoms with Crippen LogP contribution in [0.4, 0.5) is 0 Å². The van der Waals surface area contributed by atoms with Gasteiger partial charge < -0.3 is 0 Å². The molecule has 1 rings (SSSR count). The lowest BCUT2D eigenvalue weighted by Gasteiger charge is -1.98. The van der Waals surface area contributed by atoms with Gasteiger partial charge in [0.2, 0.25) is 0 Å². The van der Waals surface area contributed by atoms with Gasteiger partial charge in [-0.3, -0.25) is 0 Å². The Morgan fingerprint density at radius 3 is 2.75 bits per heavy atom. The zero-order valence-electron chi connectivity index (χ0n) is 6.86. The molecular formula is C6H10N2O2S2. The highest BCUT2D eigenvalue weighted by Gasteiger charge is 2.14. The van der Waals surface area contributed by atoms with Crippen molar-refractivity contribution in [3.8, 4) is 0 Å². The van der Waals surface area contributed by atoms with E-state index in [0.717, 1.165) is 5.01 Å². The second-order valence-corrected chi connectivity index (χ2v) is 5.43. The zero-order chi connectivity index (χ0) is 9.19. The average molecular weight is 206 g/mol. The molecule has 4 nitrogen and oxygen atoms in total. The molecule has 1 aromatic rings. The molecule has 0 aliphatic heterocycles. The highest BCUT2D eigenvalue weighted by molar-refractivity contribution is 7.91. The highest BCUT2D eigenvalue weighted by atomic mass is 32.2. The standard InChI is InChI=1S/C6H10N2O2S2/c1-3-8-12(9,10)6-4-7-5(2)11-6/h4,8H,3H2,1-2H3. The summed E-state index contributed by atoms with van der Waals surface area (Å²) in [7, 11) is -3.28. The lowest BCUT2D eigenvalue weighted by atomic mass is 10.8. The van der Waals surface area contributed by atoms with Crippen LogP contribution in [0.5, 0.6) is 0 Å². The first kappa shape index (κ1) is 9.63. The van der Waals surface area contributed by atoms with Gasteiger partial charge in [0.1, 0.15) is 0 Å². The summed E-state index contributed by atoms with van der Waals surface area (Å²) < 4.78 is 25.3. The van der Waals surface area contributed by atoms with E-state index in [4.69, 9.17) is 0 Å². The Hall–Kier alpha value is -0.460. The molecule has 0 unspecified atom stereocenters. The fraction of sp³-hybridized carbons (Fsp3) is 0.500. The normalized spacial score (nSPS) is 11.8. The topological polar surface area (TPSA) is 59.1 Å². The average Bonchev–Trinajstić information content (AvgIpc) is 2.36. The van der Waals surface area contributed by atoms with Crippen LogP contribution in [-0.4, -0.2) is 19.9 Å². The van der Waals surface area contributed by atoms with Crippen LogP contribution in [0.1, 0.15) is 11.9 Å². The Labute approximate surface area is 75.7 Å². The van der Waals surface area contributed by atoms with Crippen LogP contribution in [0.25, 0.3) is 0 Å². The van der Waals surface area contributed by atoms with Crippen LogP contribution in [0.3, 0.4) is 0 Å². The maximum atomic E-state index is 11.3. The third-order valence-corrected chi connectivity index (χ3v) is 4.12. The number of rotatable bonds is 3. The molecule has 1 N–H and O–H groups in total. The minimum absolute atomic E-state index is 0.279. The summed E-state index contributed by atoms with van der Waals surface area (Å²) >= 11 is 1.17. The monoisotopic (exact) mass is 206 g/mol. The number of nitrogens with zero attached hydrogens (tertiary/aromatic N) is 1. The van der Waals surface area contributed by atoms with Gasteiger partial charge in [-0.1, -0.05) is 6.92 Å². The van der Waals surface area contributed by atoms with Crippen molar-refractivity contribution in [3.05, 3.63) is 11.2 Å². The molecule has 0 saturated heterocycles. The molecule has 0 spiro atoms. The van der Waals surface area contributed by atoms with Crippen molar-refractivity contribution in [2.75, 3.05) is 6.54 Å². The van der Waals surface area contributed by atoms with Crippen molar-refractivity contribution in [3.63, 3.8) is 0 Å². The molecule has 1 heterocycles. The maximum Gasteiger partial charge on any atom is 0.251 e. The van der Waals surface area contributed by atoms with Crippen molar-refractivity contribution >= 4 is 21.4 Å². The molecule has 0 atom stereocenters. The predicted octanol–water partition coefficient (Wildman–Crippen LogP) is 0.750. The maximum absolute atomic E-state index is 11.3. The van der Waals surface area contributed by atoms with Gasteiger partial charge in [0.05, 0.1) is 11.2 Å². The number of hydrogen-bond donors (Lipinski definition) is 1. The SMILES string of the molecule is CCNS(=O)(=O)c1cnc(C)s1. The van der Waals surface area contributed by atoms with E-state index in [1.165, 1.54) is 17.5 Å². The first-order valence-electron chi connectivity index (χ1n) is 3.48. The molecule has 0 aliphatic carbocycles. The highest BCUT2D eigenvalue weighted by Crippen LogP contribution is 2.16. The van der Waals surface area contributed by atoms with Crippen molar-refractivity contribution < 1.29 is 8.42 Å². The van der Waals surface area contributed by atoms with E-state index >= 15 is 0 Å². The van der Waals surface area contributed by atoms with Crippen LogP contribution in [-0.2, 0) is 10.0 Å². The Morgan fingerprint density at radius 2 is 2.33 bits per heavy atom. The third kappa shape index (κ3) is 2.02. The number of hydrogen-bond acceptors (Lipinski definition) is 4. The van der Waals surface area contributed by atoms with Crippen molar-refractivity contribution in [1.29, 1.82) is 0 Å². The summed E-state index contributed by atoms with van der Waals surface area (Å²) in [5, 5.41) is 0.756. The van der Waals surface area contributed by atoms with Crippen molar-refractivity contribution in [1.82, 2.24) is 9.71 Å². The van der Waals surface area contributed by atoms with E-state index < -0.39 is 10.0 Å². The van der Waals surface area contributed by atoms with Gasteiger partial charge >= 0.3 is 0 Å². The Kier molecular flexibility index (Phi) is 2.81. The fourth-order valence-corrected chi connectivity index (χ4v) is 2.92. The zero-order valence-corrected chi connectivity index (χ0v) is 8.50. The summed E-state index contributed by atoms with van der Waals surface area (Å²) in [4.78, 5) is 3.86. The molecule has 0 aliphatic rings. The molecule has 0 bridgehead atoms. The second-order valence-electron chi connectivity index (χ2n) is 2.20. The lowest BCUT2D eigenvalue weighted by Crippen LogP contribution is -2.22. The lowest BCUT2D eigenvalue weighted by molar-refractivity contribution is 0.586. The quantitative estimate of drug-likeness (QED) is 0.794. The molecule has 0 amide bonds. The molecule has 0 aromatic carbocycles. The van der Waals surface area contributed by atoms with Gasteiger partial charge in [-0.2, -0.15) is 0 Å². The number of sulfonamides is 1. The van der Waals surface area contributed by atoms with Crippen LogP contribution >= 0.6 is 11.3 Å². The van der Waals surface area contributed by atoms with E-state index in [2.05, 4.69) is 9.71 Å². The van der Waals surface area contributed by atoms with Gasteiger partial charge in [0, 0.05) is 6.54 Å².